The van der Waals surface area contributed by atoms with Crippen LogP contribution in [0.15, 0.2) is 59.8 Å². The van der Waals surface area contributed by atoms with Crippen molar-refractivity contribution >= 4 is 123 Å². The number of benzene rings is 1. The van der Waals surface area contributed by atoms with Crippen LogP contribution >= 0.6 is 11.8 Å². The minimum atomic E-state index is -2.42. The topological polar surface area (TPSA) is 618 Å². The van der Waals surface area contributed by atoms with E-state index in [0.717, 1.165) is 9.80 Å². The Kier molecular flexibility index (Phi) is 44.1. The third kappa shape index (κ3) is 35.0. The summed E-state index contributed by atoms with van der Waals surface area (Å²) >= 11 is -1.10. The summed E-state index contributed by atoms with van der Waals surface area (Å²) in [6, 6.07) is -4.86. The number of methoxy groups -OCH3 is 1. The molecule has 39 nitrogen and oxygen atoms in total. The molecule has 0 spiro atoms. The zero-order valence-corrected chi connectivity index (χ0v) is 68.2. The zero-order chi connectivity index (χ0) is 86.3. The molecule has 0 aromatic heterocycles. The van der Waals surface area contributed by atoms with Crippen LogP contribution in [0.3, 0.4) is 0 Å². The van der Waals surface area contributed by atoms with Gasteiger partial charge in [0.1, 0.15) is 48.6 Å². The minimum absolute atomic E-state index is 0.0328. The molecule has 4 unspecified atom stereocenters. The van der Waals surface area contributed by atoms with Crippen LogP contribution in [0.2, 0.25) is 0 Å². The SMILES string of the molecule is C=C(N/C(=C\CSCCNC(=O)OCc1ccc(NC(=O)[C@H](CCCNC(N)=O)NC(=O)[C@@H](NC(=O)CCCCCN2C(=O)C=CC2=O)C(C)C)cc1)C(CCC(N)=O)C(C)C(C)OC)[S+]([O-])C[C@H](NC(=O)CNC(=O)[C@H](NC(=O)CC)[C@@H](C)CC)C(=O)N[C@@H](CC(N)=O)C(=O)N1C[C@H](O)C[C@@H]1C(=O)N[C@H](C(N)=O)[C@@H](C)[C@@H](O)CO. The molecule has 41 heteroatoms. The molecule has 17 amide bonds. The van der Waals surface area contributed by atoms with E-state index in [4.69, 9.17) is 32.4 Å². The summed E-state index contributed by atoms with van der Waals surface area (Å²) < 4.78 is 25.8. The summed E-state index contributed by atoms with van der Waals surface area (Å²) in [4.78, 5) is 211. The minimum Gasteiger partial charge on any atom is -0.610 e. The van der Waals surface area contributed by atoms with E-state index in [2.05, 4.69) is 65.1 Å². The Morgan fingerprint density at radius 2 is 1.37 bits per heavy atom. The average molecular weight is 1660 g/mol. The molecule has 1 saturated heterocycles. The fourth-order valence-electron chi connectivity index (χ4n) is 12.1. The average Bonchev–Trinajstić information content (AvgIpc) is 1.68. The van der Waals surface area contributed by atoms with Gasteiger partial charge in [0, 0.05) is 117 Å². The number of anilines is 1. The number of nitrogens with two attached hydrogens (primary N) is 4. The molecule has 2 aliphatic heterocycles. The number of β-amino-alcohol motifs (C(OH)–C–C–N with tert-alkyl or cyclic N) is 1. The van der Waals surface area contributed by atoms with E-state index in [-0.39, 0.29) is 75.5 Å². The fraction of sp³-hybridized carbons (Fsp3) is 0.622. The highest BCUT2D eigenvalue weighted by atomic mass is 32.2. The van der Waals surface area contributed by atoms with Crippen LogP contribution in [0.4, 0.5) is 15.3 Å². The lowest BCUT2D eigenvalue weighted by Gasteiger charge is -2.32. The number of amides is 17. The number of primary amides is 4. The van der Waals surface area contributed by atoms with Crippen LogP contribution in [-0.2, 0) is 94.4 Å². The molecular weight excluding hydrogens is 1540 g/mol. The Labute approximate surface area is 676 Å². The molecular formula is C74H117N17O22S2. The summed E-state index contributed by atoms with van der Waals surface area (Å²) in [5.41, 5.74) is 23.2. The second kappa shape index (κ2) is 51.1. The number of unbranched alkanes of at least 4 members (excludes halogenated alkanes) is 2. The normalized spacial score (nSPS) is 17.4. The summed E-state index contributed by atoms with van der Waals surface area (Å²) in [5.74, 6) is -14.5. The van der Waals surface area contributed by atoms with Gasteiger partial charge in [-0.3, -0.25) is 72.0 Å². The summed E-state index contributed by atoms with van der Waals surface area (Å²) in [7, 11) is 1.47. The molecule has 1 aromatic rings. The quantitative estimate of drug-likeness (QED) is 0.0178. The zero-order valence-electron chi connectivity index (χ0n) is 66.6. The number of ether oxygens (including phenoxy) is 2. The van der Waals surface area contributed by atoms with Crippen LogP contribution in [-0.4, -0.2) is 249 Å². The van der Waals surface area contributed by atoms with Crippen LogP contribution < -0.4 is 81.4 Å². The number of nitrogens with zero attached hydrogens (tertiary/aromatic N) is 2. The first-order chi connectivity index (χ1) is 54.3. The number of aliphatic hydroxyl groups excluding tert-OH is 3. The van der Waals surface area contributed by atoms with Gasteiger partial charge in [-0.2, -0.15) is 11.8 Å². The van der Waals surface area contributed by atoms with Gasteiger partial charge in [-0.05, 0) is 81.1 Å². The van der Waals surface area contributed by atoms with E-state index >= 15 is 0 Å². The van der Waals surface area contributed by atoms with Gasteiger partial charge in [0.15, 0.2) is 6.04 Å². The molecule has 2 aliphatic rings. The maximum atomic E-state index is 14.7. The second-order valence-electron chi connectivity index (χ2n) is 28.4. The number of alkyl carbamates (subject to hydrolysis) is 1. The molecule has 642 valence electrons. The lowest BCUT2D eigenvalue weighted by atomic mass is 9.83. The monoisotopic (exact) mass is 1660 g/mol. The molecule has 0 aliphatic carbocycles. The number of allylic oxidation sites excluding steroid dienone is 1. The molecule has 0 radical (unpaired) electrons. The number of carbonyl (C=O) groups is 16. The summed E-state index contributed by atoms with van der Waals surface area (Å²) in [5, 5.41) is 58.9. The molecule has 115 heavy (non-hydrogen) atoms. The van der Waals surface area contributed by atoms with Crippen molar-refractivity contribution in [3.8, 4) is 0 Å². The van der Waals surface area contributed by atoms with Gasteiger partial charge in [-0.1, -0.05) is 79.5 Å². The number of thioether (sulfide) groups is 1. The second-order valence-corrected chi connectivity index (χ2v) is 31.1. The van der Waals surface area contributed by atoms with Crippen molar-refractivity contribution in [2.24, 2.45) is 52.5 Å². The molecule has 0 bridgehead atoms. The first kappa shape index (κ1) is 99.3. The van der Waals surface area contributed by atoms with Crippen LogP contribution in [0, 0.1) is 29.6 Å². The smallest absolute Gasteiger partial charge is 0.407 e. The Hall–Kier alpha value is -9.94. The van der Waals surface area contributed by atoms with Crippen LogP contribution in [0.25, 0.3) is 0 Å². The van der Waals surface area contributed by atoms with Gasteiger partial charge in [0.05, 0.1) is 37.9 Å². The van der Waals surface area contributed by atoms with Crippen molar-refractivity contribution in [3.63, 3.8) is 0 Å². The fourth-order valence-corrected chi connectivity index (χ4v) is 13.7. The number of likely N-dealkylation sites (tertiary alicyclic amines) is 1. The van der Waals surface area contributed by atoms with Gasteiger partial charge in [0.25, 0.3) is 11.8 Å². The van der Waals surface area contributed by atoms with Crippen molar-refractivity contribution < 1.29 is 106 Å². The van der Waals surface area contributed by atoms with Crippen molar-refractivity contribution in [1.82, 2.24) is 63.0 Å². The highest BCUT2D eigenvalue weighted by Crippen LogP contribution is 2.30. The number of hydrogen-bond acceptors (Lipinski definition) is 24. The molecule has 22 N–H and O–H groups in total. The predicted octanol–water partition coefficient (Wildman–Crippen LogP) is -2.79. The van der Waals surface area contributed by atoms with Gasteiger partial charge in [-0.25, -0.2) is 9.59 Å². The number of aliphatic hydroxyl groups is 3. The van der Waals surface area contributed by atoms with Crippen molar-refractivity contribution in [2.45, 2.75) is 200 Å². The van der Waals surface area contributed by atoms with E-state index in [0.29, 0.717) is 48.4 Å². The van der Waals surface area contributed by atoms with Gasteiger partial charge >= 0.3 is 12.1 Å². The van der Waals surface area contributed by atoms with Crippen LogP contribution in [0.5, 0.6) is 0 Å². The Morgan fingerprint density at radius 3 is 1.96 bits per heavy atom. The maximum Gasteiger partial charge on any atom is 0.407 e. The third-order valence-electron chi connectivity index (χ3n) is 19.3. The number of carbonyl (C=O) groups excluding carboxylic acids is 16. The first-order valence-corrected chi connectivity index (χ1v) is 40.5. The van der Waals surface area contributed by atoms with E-state index < -0.39 is 234 Å². The Bertz CT molecular complexity index is 3580. The number of nitrogens with one attached hydrogen (secondary N) is 11. The van der Waals surface area contributed by atoms with E-state index in [9.17, 15) is 96.6 Å². The highest BCUT2D eigenvalue weighted by molar-refractivity contribution is 7.99. The van der Waals surface area contributed by atoms with Crippen LogP contribution in [0.1, 0.15) is 138 Å². The molecule has 0 saturated carbocycles. The van der Waals surface area contributed by atoms with E-state index in [1.54, 1.807) is 71.9 Å². The lowest BCUT2D eigenvalue weighted by molar-refractivity contribution is -0.143. The maximum absolute atomic E-state index is 14.7. The van der Waals surface area contributed by atoms with Gasteiger partial charge in [0.2, 0.25) is 75.9 Å². The van der Waals surface area contributed by atoms with Crippen molar-refractivity contribution in [3.05, 3.63) is 65.4 Å². The number of hydrogen-bond donors (Lipinski definition) is 18. The molecule has 15 atom stereocenters. The summed E-state index contributed by atoms with van der Waals surface area (Å²) in [6.07, 6.45) is 0.764. The van der Waals surface area contributed by atoms with Crippen molar-refractivity contribution in [2.75, 3.05) is 69.0 Å². The van der Waals surface area contributed by atoms with E-state index in [1.165, 1.54) is 37.9 Å². The Balaban J connectivity index is 1.82. The number of urea groups is 1. The first-order valence-electron chi connectivity index (χ1n) is 38.0. The van der Waals surface area contributed by atoms with E-state index in [1.807, 2.05) is 6.92 Å². The summed E-state index contributed by atoms with van der Waals surface area (Å²) in [6.45, 7) is 15.4. The standard InChI is InChI=1S/C74H117N17O22S2/c1-11-41(5)64(87-58(97)12-2)70(106)81-35-60(99)84-53(68(104)86-52(34-57(76)96)72(108)91-36-48(93)33-54(91)69(105)89-65(66(77)102)43(7)55(94)37-92)39-115(111)45(9)82-50(49(23-24-56(75)95)42(6)44(8)112-10)27-31-114-32-29-80-74(110)113-38-46-19-21-47(22-20-46)83-67(103)51(17-16-28-79-73(78)109)85-71(107)63(40(3)4)88-59(98)18-14-13-15-30-90-61(100)25-26-62(90)101/h19-22,25-27,40-44,48-49,51-55,63-65,82,92-94H,9,11-18,23-24,28-39H2,1-8,10H3,(H2,75,95)(H2,76,96)(H2,77,102)(H,80,110)(H,81,106)(H,83,103)(H,84,99)(H,85,107)(H,86,104)(H,87,97)(H,88,98)(H,89,105)(H3,78,79,109)/b50-27-/t41-,42?,43-,44?,48+,49?,51-,52-,53-,54+,55-,63-,64+,65-,115?/m0/s1. The Morgan fingerprint density at radius 1 is 0.713 bits per heavy atom. The lowest BCUT2D eigenvalue weighted by Crippen LogP contribution is -2.60. The third-order valence-corrected chi connectivity index (χ3v) is 21.5. The van der Waals surface area contributed by atoms with Gasteiger partial charge in [-0.15, -0.1) is 0 Å². The van der Waals surface area contributed by atoms with Crippen molar-refractivity contribution in [1.29, 1.82) is 0 Å². The highest BCUT2D eigenvalue weighted by Gasteiger charge is 2.45. The number of rotatable bonds is 54. The molecule has 2 heterocycles. The molecule has 3 rings (SSSR count). The largest absolute Gasteiger partial charge is 0.610 e. The number of imide groups is 1. The molecule has 1 fully saturated rings. The predicted molar refractivity (Wildman–Crippen MR) is 423 cm³/mol. The van der Waals surface area contributed by atoms with Gasteiger partial charge < -0.3 is 116 Å². The molecule has 1 aromatic carbocycles.